The lowest BCUT2D eigenvalue weighted by Crippen LogP contribution is -2.26. The van der Waals surface area contributed by atoms with Crippen LogP contribution in [0.1, 0.15) is 31.1 Å². The summed E-state index contributed by atoms with van der Waals surface area (Å²) in [7, 11) is -3.55. The average Bonchev–Trinajstić information content (AvgIpc) is 3.24. The molecule has 0 aliphatic carbocycles. The molecule has 0 aliphatic heterocycles. The van der Waals surface area contributed by atoms with Crippen LogP contribution in [-0.2, 0) is 16.4 Å². The van der Waals surface area contributed by atoms with Gasteiger partial charge in [0, 0.05) is 11.4 Å². The zero-order valence-corrected chi connectivity index (χ0v) is 15.8. The van der Waals surface area contributed by atoms with Gasteiger partial charge in [0.1, 0.15) is 9.22 Å². The number of rotatable bonds is 6. The number of thiophene rings is 1. The summed E-state index contributed by atoms with van der Waals surface area (Å²) < 4.78 is 28.3. The SMILES string of the molecule is CCc1csc(-c2ccc(S(=O)(=O)N[C@H](C)c3ccccc3)s2)n1. The Bertz CT molecular complexity index is 914. The van der Waals surface area contributed by atoms with Crippen LogP contribution in [0.15, 0.2) is 52.1 Å². The van der Waals surface area contributed by atoms with Crippen LogP contribution >= 0.6 is 22.7 Å². The van der Waals surface area contributed by atoms with Gasteiger partial charge in [0.2, 0.25) is 0 Å². The van der Waals surface area contributed by atoms with Crippen LogP contribution in [0, 0.1) is 0 Å². The zero-order valence-electron chi connectivity index (χ0n) is 13.4. The molecule has 0 saturated heterocycles. The van der Waals surface area contributed by atoms with E-state index in [2.05, 4.69) is 16.6 Å². The van der Waals surface area contributed by atoms with Crippen molar-refractivity contribution in [3.05, 3.63) is 59.1 Å². The predicted octanol–water partition coefficient (Wildman–Crippen LogP) is 4.47. The van der Waals surface area contributed by atoms with Crippen molar-refractivity contribution in [2.75, 3.05) is 0 Å². The molecular weight excluding hydrogens is 360 g/mol. The molecule has 7 heteroatoms. The van der Waals surface area contributed by atoms with Crippen LogP contribution in [0.4, 0.5) is 0 Å². The lowest BCUT2D eigenvalue weighted by molar-refractivity contribution is 0.569. The molecule has 2 heterocycles. The summed E-state index contributed by atoms with van der Waals surface area (Å²) in [6, 6.07) is 12.7. The van der Waals surface area contributed by atoms with E-state index >= 15 is 0 Å². The average molecular weight is 379 g/mol. The standard InChI is InChI=1S/C17H18N2O2S3/c1-3-14-11-22-17(18-14)15-9-10-16(23-15)24(20,21)19-12(2)13-7-5-4-6-8-13/h4-12,19H,3H2,1-2H3/t12-/m1/s1. The summed E-state index contributed by atoms with van der Waals surface area (Å²) in [4.78, 5) is 5.40. The molecule has 4 nitrogen and oxygen atoms in total. The second-order valence-corrected chi connectivity index (χ2v) is 9.25. The third-order valence-corrected chi connectivity index (χ3v) is 7.78. The van der Waals surface area contributed by atoms with Gasteiger partial charge < -0.3 is 0 Å². The van der Waals surface area contributed by atoms with Crippen molar-refractivity contribution < 1.29 is 8.42 Å². The second kappa shape index (κ2) is 7.14. The van der Waals surface area contributed by atoms with Crippen LogP contribution in [-0.4, -0.2) is 13.4 Å². The summed E-state index contributed by atoms with van der Waals surface area (Å²) in [5.41, 5.74) is 1.97. The van der Waals surface area contributed by atoms with E-state index < -0.39 is 10.0 Å². The molecule has 24 heavy (non-hydrogen) atoms. The maximum absolute atomic E-state index is 12.6. The van der Waals surface area contributed by atoms with Crippen LogP contribution < -0.4 is 4.72 Å². The molecule has 1 atom stereocenters. The van der Waals surface area contributed by atoms with Crippen LogP contribution in [0.3, 0.4) is 0 Å². The Morgan fingerprint density at radius 3 is 2.58 bits per heavy atom. The van der Waals surface area contributed by atoms with E-state index in [-0.39, 0.29) is 6.04 Å². The fourth-order valence-corrected chi connectivity index (χ4v) is 5.79. The summed E-state index contributed by atoms with van der Waals surface area (Å²) in [5, 5.41) is 2.88. The number of aryl methyl sites for hydroxylation is 1. The van der Waals surface area contributed by atoms with Crippen molar-refractivity contribution in [3.8, 4) is 9.88 Å². The fraction of sp³-hybridized carbons (Fsp3) is 0.235. The highest BCUT2D eigenvalue weighted by molar-refractivity contribution is 7.91. The van der Waals surface area contributed by atoms with E-state index in [1.54, 1.807) is 17.4 Å². The maximum atomic E-state index is 12.6. The molecular formula is C17H18N2O2S3. The highest BCUT2D eigenvalue weighted by atomic mass is 32.2. The van der Waals surface area contributed by atoms with Crippen LogP contribution in [0.5, 0.6) is 0 Å². The van der Waals surface area contributed by atoms with E-state index in [0.29, 0.717) is 4.21 Å². The third kappa shape index (κ3) is 3.75. The third-order valence-electron chi connectivity index (χ3n) is 3.60. The minimum Gasteiger partial charge on any atom is -0.240 e. The van der Waals surface area contributed by atoms with E-state index in [9.17, 15) is 8.42 Å². The van der Waals surface area contributed by atoms with Gasteiger partial charge >= 0.3 is 0 Å². The first-order valence-electron chi connectivity index (χ1n) is 7.61. The Hall–Kier alpha value is -1.54. The minimum absolute atomic E-state index is 0.284. The second-order valence-electron chi connectivity index (χ2n) is 5.37. The molecule has 3 rings (SSSR count). The molecule has 1 aromatic carbocycles. The summed E-state index contributed by atoms with van der Waals surface area (Å²) in [5.74, 6) is 0. The molecule has 1 N–H and O–H groups in total. The quantitative estimate of drug-likeness (QED) is 0.688. The molecule has 0 bridgehead atoms. The van der Waals surface area contributed by atoms with Crippen LogP contribution in [0.25, 0.3) is 9.88 Å². The van der Waals surface area contributed by atoms with E-state index in [1.807, 2.05) is 48.7 Å². The smallest absolute Gasteiger partial charge is 0.240 e. The fourth-order valence-electron chi connectivity index (χ4n) is 2.26. The van der Waals surface area contributed by atoms with E-state index in [0.717, 1.165) is 27.6 Å². The zero-order chi connectivity index (χ0) is 17.2. The maximum Gasteiger partial charge on any atom is 0.250 e. The minimum atomic E-state index is -3.55. The largest absolute Gasteiger partial charge is 0.250 e. The first-order valence-corrected chi connectivity index (χ1v) is 10.8. The highest BCUT2D eigenvalue weighted by Gasteiger charge is 2.21. The molecule has 0 aliphatic rings. The molecule has 2 aromatic heterocycles. The molecule has 0 radical (unpaired) electrons. The van der Waals surface area contributed by atoms with E-state index in [1.165, 1.54) is 11.3 Å². The number of hydrogen-bond donors (Lipinski definition) is 1. The Balaban J connectivity index is 1.80. The summed E-state index contributed by atoms with van der Waals surface area (Å²) >= 11 is 2.80. The van der Waals surface area contributed by atoms with Gasteiger partial charge in [0.25, 0.3) is 10.0 Å². The van der Waals surface area contributed by atoms with Crippen molar-refractivity contribution in [2.24, 2.45) is 0 Å². The lowest BCUT2D eigenvalue weighted by atomic mass is 10.1. The lowest BCUT2D eigenvalue weighted by Gasteiger charge is -2.13. The normalized spacial score (nSPS) is 13.1. The van der Waals surface area contributed by atoms with E-state index in [4.69, 9.17) is 0 Å². The molecule has 3 aromatic rings. The van der Waals surface area contributed by atoms with Gasteiger partial charge in [-0.15, -0.1) is 22.7 Å². The molecule has 0 fully saturated rings. The van der Waals surface area contributed by atoms with Crippen LogP contribution in [0.2, 0.25) is 0 Å². The Labute approximate surface area is 150 Å². The summed E-state index contributed by atoms with van der Waals surface area (Å²) in [6.07, 6.45) is 0.878. The Morgan fingerprint density at radius 2 is 1.92 bits per heavy atom. The van der Waals surface area contributed by atoms with Gasteiger partial charge in [-0.1, -0.05) is 37.3 Å². The number of nitrogens with one attached hydrogen (secondary N) is 1. The highest BCUT2D eigenvalue weighted by Crippen LogP contribution is 2.33. The van der Waals surface area contributed by atoms with Crippen molar-refractivity contribution >= 4 is 32.7 Å². The predicted molar refractivity (Wildman–Crippen MR) is 100.0 cm³/mol. The topological polar surface area (TPSA) is 59.1 Å². The Kier molecular flexibility index (Phi) is 5.15. The number of benzene rings is 1. The van der Waals surface area contributed by atoms with Gasteiger partial charge in [-0.3, -0.25) is 0 Å². The molecule has 126 valence electrons. The molecule has 0 saturated carbocycles. The number of sulfonamides is 1. The van der Waals surface area contributed by atoms with Crippen molar-refractivity contribution in [1.29, 1.82) is 0 Å². The summed E-state index contributed by atoms with van der Waals surface area (Å²) in [6.45, 7) is 3.90. The van der Waals surface area contributed by atoms with Crippen molar-refractivity contribution in [3.63, 3.8) is 0 Å². The first kappa shape index (κ1) is 17.3. The molecule has 0 spiro atoms. The monoisotopic (exact) mass is 378 g/mol. The van der Waals surface area contributed by atoms with Gasteiger partial charge in [-0.05, 0) is 31.0 Å². The van der Waals surface area contributed by atoms with Crippen molar-refractivity contribution in [1.82, 2.24) is 9.71 Å². The number of aromatic nitrogens is 1. The first-order chi connectivity index (χ1) is 11.5. The van der Waals surface area contributed by atoms with Crippen molar-refractivity contribution in [2.45, 2.75) is 30.5 Å². The van der Waals surface area contributed by atoms with Gasteiger partial charge in [0.15, 0.2) is 0 Å². The number of thiazole rings is 1. The Morgan fingerprint density at radius 1 is 1.17 bits per heavy atom. The van der Waals surface area contributed by atoms with Gasteiger partial charge in [0.05, 0.1) is 10.6 Å². The molecule has 0 unspecified atom stereocenters. The van der Waals surface area contributed by atoms with Gasteiger partial charge in [-0.25, -0.2) is 18.1 Å². The number of nitrogens with zero attached hydrogens (tertiary/aromatic N) is 1. The van der Waals surface area contributed by atoms with Gasteiger partial charge in [-0.2, -0.15) is 0 Å². The molecule has 0 amide bonds. The number of hydrogen-bond acceptors (Lipinski definition) is 5.